The summed E-state index contributed by atoms with van der Waals surface area (Å²) in [6.07, 6.45) is 0.553. The van der Waals surface area contributed by atoms with Gasteiger partial charge in [0.2, 0.25) is 0 Å². The summed E-state index contributed by atoms with van der Waals surface area (Å²) >= 11 is 0. The van der Waals surface area contributed by atoms with Crippen LogP contribution in [-0.2, 0) is 4.79 Å². The average molecular weight is 208 g/mol. The maximum Gasteiger partial charge on any atom is 0.331 e. The molecule has 0 amide bonds. The van der Waals surface area contributed by atoms with E-state index in [4.69, 9.17) is 5.11 Å². The zero-order valence-electron chi connectivity index (χ0n) is 8.25. The highest BCUT2D eigenvalue weighted by atomic mass is 35.5. The SMILES string of the molecule is C=C(CCN(CC)CC)C(=O)O.Cl. The van der Waals surface area contributed by atoms with Gasteiger partial charge in [0.25, 0.3) is 0 Å². The molecule has 0 radical (unpaired) electrons. The number of hydrogen-bond donors (Lipinski definition) is 1. The molecule has 0 spiro atoms. The first-order chi connectivity index (χ1) is 5.61. The van der Waals surface area contributed by atoms with E-state index >= 15 is 0 Å². The number of carboxylic acid groups (broad SMARTS) is 1. The summed E-state index contributed by atoms with van der Waals surface area (Å²) < 4.78 is 0. The minimum atomic E-state index is -0.887. The Bertz CT molecular complexity index is 167. The molecule has 78 valence electrons. The van der Waals surface area contributed by atoms with Crippen molar-refractivity contribution in [3.63, 3.8) is 0 Å². The molecule has 4 heteroatoms. The lowest BCUT2D eigenvalue weighted by Crippen LogP contribution is -2.24. The fraction of sp³-hybridized carbons (Fsp3) is 0.667. The fourth-order valence-electron chi connectivity index (χ4n) is 0.940. The molecular weight excluding hydrogens is 190 g/mol. The van der Waals surface area contributed by atoms with E-state index in [1.54, 1.807) is 0 Å². The average Bonchev–Trinajstić information content (AvgIpc) is 2.05. The van der Waals surface area contributed by atoms with Gasteiger partial charge < -0.3 is 10.0 Å². The van der Waals surface area contributed by atoms with E-state index in [1.165, 1.54) is 0 Å². The van der Waals surface area contributed by atoms with Gasteiger partial charge in [-0.05, 0) is 19.5 Å². The molecule has 0 aliphatic rings. The summed E-state index contributed by atoms with van der Waals surface area (Å²) in [4.78, 5) is 12.5. The van der Waals surface area contributed by atoms with Crippen LogP contribution in [0.1, 0.15) is 20.3 Å². The molecule has 0 aromatic rings. The highest BCUT2D eigenvalue weighted by molar-refractivity contribution is 5.85. The fourth-order valence-corrected chi connectivity index (χ4v) is 0.940. The highest BCUT2D eigenvalue weighted by Crippen LogP contribution is 2.00. The topological polar surface area (TPSA) is 40.5 Å². The van der Waals surface area contributed by atoms with Crippen LogP contribution in [0.4, 0.5) is 0 Å². The molecule has 0 bridgehead atoms. The Morgan fingerprint density at radius 3 is 2.15 bits per heavy atom. The van der Waals surface area contributed by atoms with Gasteiger partial charge >= 0.3 is 5.97 Å². The summed E-state index contributed by atoms with van der Waals surface area (Å²) in [5.74, 6) is -0.887. The number of halogens is 1. The predicted octanol–water partition coefficient (Wildman–Crippen LogP) is 1.78. The Balaban J connectivity index is 0. The van der Waals surface area contributed by atoms with Gasteiger partial charge in [-0.1, -0.05) is 20.4 Å². The first kappa shape index (κ1) is 15.0. The molecule has 0 aromatic carbocycles. The minimum absolute atomic E-state index is 0. The van der Waals surface area contributed by atoms with Gasteiger partial charge in [0.15, 0.2) is 0 Å². The van der Waals surface area contributed by atoms with Crippen LogP contribution >= 0.6 is 12.4 Å². The van der Waals surface area contributed by atoms with E-state index in [9.17, 15) is 4.79 Å². The van der Waals surface area contributed by atoms with Crippen molar-refractivity contribution in [2.45, 2.75) is 20.3 Å². The normalized spacial score (nSPS) is 9.46. The first-order valence-corrected chi connectivity index (χ1v) is 4.25. The molecule has 0 unspecified atom stereocenters. The lowest BCUT2D eigenvalue weighted by molar-refractivity contribution is -0.132. The van der Waals surface area contributed by atoms with Crippen LogP contribution in [0, 0.1) is 0 Å². The number of nitrogens with zero attached hydrogens (tertiary/aromatic N) is 1. The van der Waals surface area contributed by atoms with Gasteiger partial charge in [-0.3, -0.25) is 0 Å². The van der Waals surface area contributed by atoms with Crippen LogP contribution in [0.15, 0.2) is 12.2 Å². The van der Waals surface area contributed by atoms with Crippen molar-refractivity contribution in [1.29, 1.82) is 0 Å². The zero-order valence-corrected chi connectivity index (χ0v) is 9.06. The highest BCUT2D eigenvalue weighted by Gasteiger charge is 2.05. The monoisotopic (exact) mass is 207 g/mol. The minimum Gasteiger partial charge on any atom is -0.478 e. The maximum atomic E-state index is 10.4. The molecule has 0 fully saturated rings. The summed E-state index contributed by atoms with van der Waals surface area (Å²) in [6.45, 7) is 10.3. The molecule has 0 saturated heterocycles. The molecule has 3 nitrogen and oxygen atoms in total. The molecule has 0 atom stereocenters. The largest absolute Gasteiger partial charge is 0.478 e. The summed E-state index contributed by atoms with van der Waals surface area (Å²) in [7, 11) is 0. The number of hydrogen-bond acceptors (Lipinski definition) is 2. The van der Waals surface area contributed by atoms with Gasteiger partial charge in [-0.2, -0.15) is 0 Å². The number of aliphatic carboxylic acids is 1. The quantitative estimate of drug-likeness (QED) is 0.675. The third-order valence-electron chi connectivity index (χ3n) is 1.93. The Morgan fingerprint density at radius 2 is 1.85 bits per heavy atom. The second-order valence-corrected chi connectivity index (χ2v) is 2.69. The Labute approximate surface area is 85.8 Å². The van der Waals surface area contributed by atoms with Crippen molar-refractivity contribution in [3.8, 4) is 0 Å². The van der Waals surface area contributed by atoms with Crippen molar-refractivity contribution >= 4 is 18.4 Å². The van der Waals surface area contributed by atoms with Crippen molar-refractivity contribution in [2.24, 2.45) is 0 Å². The van der Waals surface area contributed by atoms with Crippen LogP contribution in [0.25, 0.3) is 0 Å². The Morgan fingerprint density at radius 1 is 1.38 bits per heavy atom. The molecular formula is C9H18ClNO2. The predicted molar refractivity (Wildman–Crippen MR) is 56.4 cm³/mol. The van der Waals surface area contributed by atoms with Crippen molar-refractivity contribution in [1.82, 2.24) is 4.90 Å². The molecule has 0 heterocycles. The second kappa shape index (κ2) is 8.08. The van der Waals surface area contributed by atoms with Crippen LogP contribution in [0.2, 0.25) is 0 Å². The van der Waals surface area contributed by atoms with Crippen molar-refractivity contribution in [3.05, 3.63) is 12.2 Å². The van der Waals surface area contributed by atoms with E-state index in [1.807, 2.05) is 0 Å². The standard InChI is InChI=1S/C9H17NO2.ClH/c1-4-10(5-2)7-6-8(3)9(11)12;/h3-7H2,1-2H3,(H,11,12);1H. The van der Waals surface area contributed by atoms with Gasteiger partial charge in [0.1, 0.15) is 0 Å². The number of carboxylic acids is 1. The molecule has 0 rings (SSSR count). The van der Waals surface area contributed by atoms with Gasteiger partial charge in [0, 0.05) is 12.1 Å². The first-order valence-electron chi connectivity index (χ1n) is 4.25. The molecule has 1 N–H and O–H groups in total. The van der Waals surface area contributed by atoms with E-state index in [2.05, 4.69) is 25.3 Å². The zero-order chi connectivity index (χ0) is 9.56. The molecule has 0 aromatic heterocycles. The summed E-state index contributed by atoms with van der Waals surface area (Å²) in [5, 5.41) is 8.52. The van der Waals surface area contributed by atoms with Crippen molar-refractivity contribution < 1.29 is 9.90 Å². The van der Waals surface area contributed by atoms with Gasteiger partial charge in [-0.25, -0.2) is 4.79 Å². The van der Waals surface area contributed by atoms with Crippen LogP contribution in [0.3, 0.4) is 0 Å². The van der Waals surface area contributed by atoms with Crippen LogP contribution in [0.5, 0.6) is 0 Å². The third kappa shape index (κ3) is 6.61. The molecule has 0 aliphatic carbocycles. The molecule has 13 heavy (non-hydrogen) atoms. The van der Waals surface area contributed by atoms with Crippen molar-refractivity contribution in [2.75, 3.05) is 19.6 Å². The van der Waals surface area contributed by atoms with Gasteiger partial charge in [-0.15, -0.1) is 12.4 Å². The summed E-state index contributed by atoms with van der Waals surface area (Å²) in [5.41, 5.74) is 0.293. The molecule has 0 saturated carbocycles. The summed E-state index contributed by atoms with van der Waals surface area (Å²) in [6, 6.07) is 0. The Kier molecular flexibility index (Phi) is 9.29. The maximum absolute atomic E-state index is 10.4. The van der Waals surface area contributed by atoms with E-state index < -0.39 is 5.97 Å². The molecule has 0 aliphatic heterocycles. The number of carbonyl (C=O) groups is 1. The second-order valence-electron chi connectivity index (χ2n) is 2.69. The smallest absolute Gasteiger partial charge is 0.331 e. The van der Waals surface area contributed by atoms with Crippen LogP contribution in [-0.4, -0.2) is 35.6 Å². The Hall–Kier alpha value is -0.540. The van der Waals surface area contributed by atoms with Gasteiger partial charge in [0.05, 0.1) is 0 Å². The number of rotatable bonds is 6. The van der Waals surface area contributed by atoms with E-state index in [-0.39, 0.29) is 12.4 Å². The van der Waals surface area contributed by atoms with Crippen LogP contribution < -0.4 is 0 Å². The lowest BCUT2D eigenvalue weighted by Gasteiger charge is -2.17. The third-order valence-corrected chi connectivity index (χ3v) is 1.93. The lowest BCUT2D eigenvalue weighted by atomic mass is 10.2. The van der Waals surface area contributed by atoms with E-state index in [0.29, 0.717) is 12.0 Å². The van der Waals surface area contributed by atoms with E-state index in [0.717, 1.165) is 19.6 Å².